The van der Waals surface area contributed by atoms with Crippen LogP contribution in [0, 0.1) is 6.92 Å². The monoisotopic (exact) mass is 464 g/mol. The summed E-state index contributed by atoms with van der Waals surface area (Å²) >= 11 is 0. The van der Waals surface area contributed by atoms with E-state index in [0.29, 0.717) is 34.4 Å². The van der Waals surface area contributed by atoms with E-state index in [4.69, 9.17) is 9.15 Å². The fourth-order valence-electron chi connectivity index (χ4n) is 3.94. The Balaban J connectivity index is 1.49. The van der Waals surface area contributed by atoms with Gasteiger partial charge in [-0.1, -0.05) is 0 Å². The van der Waals surface area contributed by atoms with Crippen LogP contribution in [0.4, 0.5) is 17.3 Å². The second-order valence-corrected chi connectivity index (χ2v) is 7.97. The summed E-state index contributed by atoms with van der Waals surface area (Å²) in [7, 11) is 3.37. The van der Waals surface area contributed by atoms with Gasteiger partial charge in [0.2, 0.25) is 5.88 Å². The van der Waals surface area contributed by atoms with Gasteiger partial charge in [-0.15, -0.1) is 0 Å². The lowest BCUT2D eigenvalue weighted by Gasteiger charge is -2.35. The van der Waals surface area contributed by atoms with Crippen molar-refractivity contribution in [3.8, 4) is 5.88 Å². The van der Waals surface area contributed by atoms with Crippen LogP contribution in [0.25, 0.3) is 11.5 Å². The largest absolute Gasteiger partial charge is 0.427 e. The molecule has 0 bridgehead atoms. The van der Waals surface area contributed by atoms with Crippen LogP contribution in [0.2, 0.25) is 0 Å². The van der Waals surface area contributed by atoms with Crippen LogP contribution in [-0.4, -0.2) is 56.4 Å². The number of nitrogens with one attached hydrogen (secondary N) is 3. The molecule has 0 spiro atoms. The molecule has 1 aliphatic rings. The summed E-state index contributed by atoms with van der Waals surface area (Å²) in [5, 5.41) is 13.4. The Bertz CT molecular complexity index is 1420. The second-order valence-electron chi connectivity index (χ2n) is 7.97. The van der Waals surface area contributed by atoms with Gasteiger partial charge in [-0.25, -0.2) is 9.97 Å². The Morgan fingerprint density at radius 2 is 2.18 bits per heavy atom. The van der Waals surface area contributed by atoms with E-state index in [1.807, 2.05) is 0 Å². The van der Waals surface area contributed by atoms with Crippen LogP contribution in [0.3, 0.4) is 0 Å². The molecule has 1 fully saturated rings. The third kappa shape index (κ3) is 3.67. The van der Waals surface area contributed by atoms with Crippen molar-refractivity contribution in [3.63, 3.8) is 0 Å². The molecule has 1 amide bonds. The number of hydrogen-bond acceptors (Lipinski definition) is 9. The molecule has 4 aromatic rings. The van der Waals surface area contributed by atoms with Crippen LogP contribution in [0.1, 0.15) is 28.9 Å². The first-order chi connectivity index (χ1) is 16.5. The molecule has 5 rings (SSSR count). The number of aromatic nitrogens is 5. The number of ether oxygens (including phenoxy) is 1. The van der Waals surface area contributed by atoms with Crippen molar-refractivity contribution < 1.29 is 13.9 Å². The second kappa shape index (κ2) is 8.63. The SMILES string of the molecule is CNc1cc(Nc2cccn(-c3ocnc3C)c2=O)nc2c(C(=O)NC3CC[C@H]3OC)cnn12. The zero-order chi connectivity index (χ0) is 23.8. The fourth-order valence-corrected chi connectivity index (χ4v) is 3.94. The van der Waals surface area contributed by atoms with E-state index in [1.54, 1.807) is 45.5 Å². The zero-order valence-electron chi connectivity index (χ0n) is 18.9. The molecule has 4 aromatic heterocycles. The van der Waals surface area contributed by atoms with E-state index in [0.717, 1.165) is 12.8 Å². The Labute approximate surface area is 194 Å². The summed E-state index contributed by atoms with van der Waals surface area (Å²) in [4.78, 5) is 34.6. The van der Waals surface area contributed by atoms with Crippen molar-refractivity contribution >= 4 is 28.9 Å². The Kier molecular flexibility index (Phi) is 5.49. The number of amides is 1. The van der Waals surface area contributed by atoms with Gasteiger partial charge in [0.15, 0.2) is 12.0 Å². The number of pyridine rings is 1. The molecule has 34 heavy (non-hydrogen) atoms. The van der Waals surface area contributed by atoms with Gasteiger partial charge in [-0.05, 0) is 31.9 Å². The highest BCUT2D eigenvalue weighted by Crippen LogP contribution is 2.25. The van der Waals surface area contributed by atoms with E-state index in [9.17, 15) is 9.59 Å². The lowest BCUT2D eigenvalue weighted by molar-refractivity contribution is 0.00732. The van der Waals surface area contributed by atoms with E-state index >= 15 is 0 Å². The maximum atomic E-state index is 13.1. The molecule has 0 aromatic carbocycles. The van der Waals surface area contributed by atoms with E-state index in [1.165, 1.54) is 21.7 Å². The molecule has 1 aliphatic carbocycles. The maximum absolute atomic E-state index is 13.1. The summed E-state index contributed by atoms with van der Waals surface area (Å²) in [6, 6.07) is 5.01. The molecule has 4 heterocycles. The number of hydrogen-bond donors (Lipinski definition) is 3. The average Bonchev–Trinajstić information content (AvgIpc) is 3.44. The normalized spacial score (nSPS) is 17.4. The number of carbonyl (C=O) groups excluding carboxylic acids is 1. The van der Waals surface area contributed by atoms with Crippen LogP contribution < -0.4 is 21.5 Å². The van der Waals surface area contributed by atoms with Gasteiger partial charge < -0.3 is 25.1 Å². The highest BCUT2D eigenvalue weighted by atomic mass is 16.5. The molecule has 12 nitrogen and oxygen atoms in total. The van der Waals surface area contributed by atoms with Crippen molar-refractivity contribution in [2.24, 2.45) is 0 Å². The molecule has 2 atom stereocenters. The molecular formula is C22H24N8O4. The summed E-state index contributed by atoms with van der Waals surface area (Å²) in [5.41, 5.74) is 1.21. The van der Waals surface area contributed by atoms with Crippen LogP contribution in [0.5, 0.6) is 0 Å². The first-order valence-electron chi connectivity index (χ1n) is 10.8. The van der Waals surface area contributed by atoms with E-state index in [2.05, 4.69) is 31.0 Å². The Hall–Kier alpha value is -4.19. The average molecular weight is 464 g/mol. The molecule has 0 aliphatic heterocycles. The lowest BCUT2D eigenvalue weighted by Crippen LogP contribution is -2.51. The van der Waals surface area contributed by atoms with Crippen molar-refractivity contribution in [1.82, 2.24) is 29.5 Å². The van der Waals surface area contributed by atoms with Gasteiger partial charge in [0, 0.05) is 26.4 Å². The number of aryl methyl sites for hydroxylation is 1. The highest BCUT2D eigenvalue weighted by molar-refractivity contribution is 6.00. The molecule has 1 unspecified atom stereocenters. The van der Waals surface area contributed by atoms with E-state index in [-0.39, 0.29) is 29.3 Å². The van der Waals surface area contributed by atoms with Crippen molar-refractivity contribution in [3.05, 3.63) is 58.6 Å². The number of fused-ring (bicyclic) bond motifs is 1. The number of rotatable bonds is 7. The van der Waals surface area contributed by atoms with Gasteiger partial charge in [-0.2, -0.15) is 9.61 Å². The van der Waals surface area contributed by atoms with Crippen molar-refractivity contribution in [1.29, 1.82) is 0 Å². The van der Waals surface area contributed by atoms with Gasteiger partial charge in [0.25, 0.3) is 11.5 Å². The minimum absolute atomic E-state index is 0.0112. The van der Waals surface area contributed by atoms with Gasteiger partial charge >= 0.3 is 0 Å². The predicted molar refractivity (Wildman–Crippen MR) is 124 cm³/mol. The number of methoxy groups -OCH3 is 1. The molecule has 1 saturated carbocycles. The Morgan fingerprint density at radius 1 is 1.32 bits per heavy atom. The van der Waals surface area contributed by atoms with Gasteiger partial charge in [0.05, 0.1) is 18.3 Å². The molecule has 12 heteroatoms. The number of carbonyl (C=O) groups is 1. The first-order valence-corrected chi connectivity index (χ1v) is 10.8. The van der Waals surface area contributed by atoms with Gasteiger partial charge in [-0.3, -0.25) is 14.2 Å². The van der Waals surface area contributed by atoms with Crippen LogP contribution in [0.15, 0.2) is 46.2 Å². The quantitative estimate of drug-likeness (QED) is 0.374. The zero-order valence-corrected chi connectivity index (χ0v) is 18.9. The van der Waals surface area contributed by atoms with Crippen LogP contribution in [-0.2, 0) is 4.74 Å². The first kappa shape index (κ1) is 21.6. The number of anilines is 3. The van der Waals surface area contributed by atoms with Crippen molar-refractivity contribution in [2.45, 2.75) is 31.9 Å². The highest BCUT2D eigenvalue weighted by Gasteiger charge is 2.33. The maximum Gasteiger partial charge on any atom is 0.281 e. The minimum Gasteiger partial charge on any atom is -0.427 e. The minimum atomic E-state index is -0.336. The summed E-state index contributed by atoms with van der Waals surface area (Å²) in [5.74, 6) is 1.02. The van der Waals surface area contributed by atoms with E-state index < -0.39 is 0 Å². The topological polar surface area (TPSA) is 141 Å². The van der Waals surface area contributed by atoms with Crippen LogP contribution >= 0.6 is 0 Å². The predicted octanol–water partition coefficient (Wildman–Crippen LogP) is 1.87. The molecular weight excluding hydrogens is 440 g/mol. The number of oxazole rings is 1. The summed E-state index contributed by atoms with van der Waals surface area (Å²) in [6.45, 7) is 1.75. The molecule has 176 valence electrons. The van der Waals surface area contributed by atoms with Crippen molar-refractivity contribution in [2.75, 3.05) is 24.8 Å². The lowest BCUT2D eigenvalue weighted by atomic mass is 9.89. The molecule has 0 radical (unpaired) electrons. The fraction of sp³-hybridized carbons (Fsp3) is 0.318. The smallest absolute Gasteiger partial charge is 0.281 e. The molecule has 0 saturated heterocycles. The third-order valence-corrected chi connectivity index (χ3v) is 5.95. The summed E-state index contributed by atoms with van der Waals surface area (Å²) < 4.78 is 13.6. The van der Waals surface area contributed by atoms with Gasteiger partial charge in [0.1, 0.15) is 28.6 Å². The Morgan fingerprint density at radius 3 is 2.85 bits per heavy atom. The standard InChI is InChI=1S/C22H24N8O4/c1-12-22(34-11-24-12)29-8-4-5-15(21(29)32)26-17-9-18(23-2)30-19(28-17)13(10-25-30)20(31)27-14-6-7-16(14)33-3/h4-5,8-11,14,16,23H,6-7H2,1-3H3,(H,26,28)(H,27,31)/t14?,16-/m1/s1. The third-order valence-electron chi connectivity index (χ3n) is 5.95. The number of nitrogens with zero attached hydrogens (tertiary/aromatic N) is 5. The molecule has 3 N–H and O–H groups in total. The summed E-state index contributed by atoms with van der Waals surface area (Å²) in [6.07, 6.45) is 6.15.